The van der Waals surface area contributed by atoms with Gasteiger partial charge in [0, 0.05) is 19.3 Å². The summed E-state index contributed by atoms with van der Waals surface area (Å²) in [7, 11) is -3.94. The Bertz CT molecular complexity index is 807. The molecule has 1 unspecified atom stereocenters. The molecule has 4 N–H and O–H groups in total. The average Bonchev–Trinajstić information content (AvgIpc) is 2.95. The minimum absolute atomic E-state index is 0.0240. The molecule has 0 spiro atoms. The second-order valence-electron chi connectivity index (χ2n) is 12.1. The van der Waals surface area contributed by atoms with Crippen LogP contribution in [0.5, 0.6) is 0 Å². The summed E-state index contributed by atoms with van der Waals surface area (Å²) < 4.78 is 31.3. The first kappa shape index (κ1) is 41.5. The third kappa shape index (κ3) is 30.3. The molecule has 0 bridgehead atoms. The lowest BCUT2D eigenvalue weighted by Crippen LogP contribution is -2.27. The number of rotatable bonds is 32. The second kappa shape index (κ2) is 29.2. The zero-order chi connectivity index (χ0) is 32.0. The van der Waals surface area contributed by atoms with Crippen molar-refractivity contribution in [1.82, 2.24) is 4.90 Å². The largest absolute Gasteiger partial charge is 0.462 e. The Balaban J connectivity index is 4.34. The van der Waals surface area contributed by atoms with Crippen LogP contribution in [-0.4, -0.2) is 57.1 Å². The van der Waals surface area contributed by atoms with Crippen LogP contribution in [0, 0.1) is 0 Å². The molecular weight excluding hydrogens is 564 g/mol. The Kier molecular flexibility index (Phi) is 28.2. The summed E-state index contributed by atoms with van der Waals surface area (Å²) in [6.07, 6.45) is 25.6. The van der Waals surface area contributed by atoms with E-state index in [-0.39, 0.29) is 17.9 Å². The molecule has 0 fully saturated rings. The van der Waals surface area contributed by atoms with Crippen molar-refractivity contribution in [3.8, 4) is 0 Å². The van der Waals surface area contributed by atoms with Crippen molar-refractivity contribution >= 4 is 28.3 Å². The molecule has 9 nitrogen and oxygen atoms in total. The van der Waals surface area contributed by atoms with Gasteiger partial charge in [0.2, 0.25) is 0 Å². The highest BCUT2D eigenvalue weighted by molar-refractivity contribution is 7.88. The van der Waals surface area contributed by atoms with Crippen molar-refractivity contribution in [2.75, 3.05) is 19.6 Å². The maximum absolute atomic E-state index is 12.5. The molecule has 0 amide bonds. The Morgan fingerprint density at radius 1 is 0.721 bits per heavy atom. The lowest BCUT2D eigenvalue weighted by molar-refractivity contribution is -0.150. The summed E-state index contributed by atoms with van der Waals surface area (Å²) in [5, 5.41) is 4.93. The van der Waals surface area contributed by atoms with E-state index in [0.29, 0.717) is 19.3 Å². The fraction of sp³-hybridized carbons (Fsp3) is 0.909. The van der Waals surface area contributed by atoms with E-state index in [9.17, 15) is 18.0 Å². The Morgan fingerprint density at radius 2 is 1.19 bits per heavy atom. The molecule has 0 aromatic rings. The topological polar surface area (TPSA) is 145 Å². The molecule has 1 atom stereocenters. The van der Waals surface area contributed by atoms with Crippen LogP contribution >= 0.6 is 0 Å². The summed E-state index contributed by atoms with van der Waals surface area (Å²) in [5.41, 5.74) is 5.69. The average molecular weight is 631 g/mol. The molecule has 0 saturated carbocycles. The third-order valence-electron chi connectivity index (χ3n) is 7.86. The van der Waals surface area contributed by atoms with Crippen molar-refractivity contribution in [3.63, 3.8) is 0 Å². The van der Waals surface area contributed by atoms with Crippen LogP contribution in [0.3, 0.4) is 0 Å². The minimum atomic E-state index is -3.94. The van der Waals surface area contributed by atoms with Gasteiger partial charge in [0.05, 0.1) is 0 Å². The molecule has 0 heterocycles. The molecule has 0 aliphatic heterocycles. The zero-order valence-corrected chi connectivity index (χ0v) is 28.6. The van der Waals surface area contributed by atoms with Crippen molar-refractivity contribution in [2.45, 2.75) is 174 Å². The summed E-state index contributed by atoms with van der Waals surface area (Å²) >= 11 is 0. The second-order valence-corrected chi connectivity index (χ2v) is 13.3. The van der Waals surface area contributed by atoms with E-state index in [1.54, 1.807) is 0 Å². The van der Waals surface area contributed by atoms with Gasteiger partial charge < -0.3 is 20.2 Å². The Hall–Kier alpha value is -1.52. The van der Waals surface area contributed by atoms with Crippen molar-refractivity contribution in [3.05, 3.63) is 0 Å². The van der Waals surface area contributed by atoms with Crippen LogP contribution in [0.15, 0.2) is 4.40 Å². The number of amidine groups is 1. The normalized spacial score (nSPS) is 13.0. The predicted octanol–water partition coefficient (Wildman–Crippen LogP) is 7.36. The fourth-order valence-electron chi connectivity index (χ4n) is 5.34. The highest BCUT2D eigenvalue weighted by atomic mass is 32.2. The van der Waals surface area contributed by atoms with Crippen LogP contribution in [0.4, 0.5) is 0 Å². The number of hydrogen-bond acceptors (Lipinski definition) is 6. The van der Waals surface area contributed by atoms with E-state index in [1.165, 1.54) is 32.1 Å². The van der Waals surface area contributed by atoms with Crippen molar-refractivity contribution in [2.24, 2.45) is 15.3 Å². The molecule has 0 aromatic heterocycles. The number of nitrogens with zero attached hydrogens (tertiary/aromatic N) is 2. The number of nitrogens with two attached hydrogens (primary N) is 2. The highest BCUT2D eigenvalue weighted by Gasteiger charge is 2.14. The Morgan fingerprint density at radius 3 is 1.77 bits per heavy atom. The quantitative estimate of drug-likeness (QED) is 0.0260. The van der Waals surface area contributed by atoms with Gasteiger partial charge in [-0.05, 0) is 83.8 Å². The first-order chi connectivity index (χ1) is 20.7. The van der Waals surface area contributed by atoms with E-state index >= 15 is 0 Å². The highest BCUT2D eigenvalue weighted by Crippen LogP contribution is 2.17. The lowest BCUT2D eigenvalue weighted by Gasteiger charge is -2.22. The van der Waals surface area contributed by atoms with Gasteiger partial charge in [0.25, 0.3) is 0 Å². The van der Waals surface area contributed by atoms with Crippen LogP contribution < -0.4 is 10.9 Å². The first-order valence-corrected chi connectivity index (χ1v) is 18.9. The monoisotopic (exact) mass is 630 g/mol. The van der Waals surface area contributed by atoms with E-state index in [1.807, 2.05) is 0 Å². The van der Waals surface area contributed by atoms with E-state index in [0.717, 1.165) is 129 Å². The predicted molar refractivity (Wildman–Crippen MR) is 179 cm³/mol. The molecule has 254 valence electrons. The van der Waals surface area contributed by atoms with E-state index < -0.39 is 10.2 Å². The summed E-state index contributed by atoms with van der Waals surface area (Å²) in [5.74, 6) is 0.0383. The maximum atomic E-state index is 12.5. The molecule has 0 aliphatic carbocycles. The van der Waals surface area contributed by atoms with E-state index in [2.05, 4.69) is 23.1 Å². The number of esters is 1. The van der Waals surface area contributed by atoms with Gasteiger partial charge in [0.15, 0.2) is 0 Å². The summed E-state index contributed by atoms with van der Waals surface area (Å²) in [6.45, 7) is 7.44. The number of hydrogen-bond donors (Lipinski definition) is 2. The summed E-state index contributed by atoms with van der Waals surface area (Å²) in [6, 6.07) is 0. The van der Waals surface area contributed by atoms with Crippen molar-refractivity contribution < 1.29 is 22.7 Å². The molecule has 0 rings (SSSR count). The molecule has 43 heavy (non-hydrogen) atoms. The van der Waals surface area contributed by atoms with Gasteiger partial charge in [-0.25, -0.2) is 5.14 Å². The van der Waals surface area contributed by atoms with Gasteiger partial charge in [-0.2, -0.15) is 8.42 Å². The smallest absolute Gasteiger partial charge is 0.318 e. The van der Waals surface area contributed by atoms with Gasteiger partial charge in [-0.1, -0.05) is 84.5 Å². The summed E-state index contributed by atoms with van der Waals surface area (Å²) in [4.78, 5) is 25.5. The molecule has 10 heteroatoms. The lowest BCUT2D eigenvalue weighted by atomic mass is 10.0. The third-order valence-corrected chi connectivity index (χ3v) is 8.35. The number of aldehydes is 1. The maximum Gasteiger partial charge on any atom is 0.318 e. The molecule has 0 aliphatic rings. The molecule has 0 aromatic carbocycles. The van der Waals surface area contributed by atoms with Gasteiger partial charge in [-0.15, -0.1) is 4.40 Å². The number of carbonyl (C=O) groups is 2. The SMILES string of the molecule is CCCCCCC(CCCCC)OC(=O)CCCCCCCN(CCCCCCCC=O)CCCC/C(N)=N/S(N)(=O)=O. The van der Waals surface area contributed by atoms with Crippen LogP contribution in [0.2, 0.25) is 0 Å². The number of ether oxygens (including phenoxy) is 1. The Labute approximate surface area is 264 Å². The fourth-order valence-corrected chi connectivity index (χ4v) is 5.76. The zero-order valence-electron chi connectivity index (χ0n) is 27.7. The van der Waals surface area contributed by atoms with Gasteiger partial charge >= 0.3 is 16.2 Å². The van der Waals surface area contributed by atoms with Gasteiger partial charge in [0.1, 0.15) is 18.2 Å². The molecule has 0 radical (unpaired) electrons. The first-order valence-electron chi connectivity index (χ1n) is 17.4. The number of carbonyl (C=O) groups excluding carboxylic acids is 2. The van der Waals surface area contributed by atoms with Crippen LogP contribution in [0.25, 0.3) is 0 Å². The van der Waals surface area contributed by atoms with Gasteiger partial charge in [-0.3, -0.25) is 4.79 Å². The standard InChI is InChI=1S/C33H66N4O5S/c1-3-5-7-16-24-31(23-15-6-4-2)42-33(39)26-17-11-10-13-20-28-37(27-19-12-8-9-14-22-30-38)29-21-18-25-32(34)36-43(35,40)41/h30-31H,3-29H2,1-2H3,(H2,34,36)(H2,35,40,41). The van der Waals surface area contributed by atoms with Crippen LogP contribution in [-0.2, 0) is 24.5 Å². The molecular formula is C33H66N4O5S. The van der Waals surface area contributed by atoms with Crippen molar-refractivity contribution in [1.29, 1.82) is 0 Å². The van der Waals surface area contributed by atoms with Crippen LogP contribution in [0.1, 0.15) is 168 Å². The number of unbranched alkanes of at least 4 members (excludes halogenated alkanes) is 15. The minimum Gasteiger partial charge on any atom is -0.462 e. The molecule has 0 saturated heterocycles. The van der Waals surface area contributed by atoms with E-state index in [4.69, 9.17) is 15.6 Å².